The van der Waals surface area contributed by atoms with Crippen LogP contribution in [0.3, 0.4) is 0 Å². The number of hydrogen-bond donors (Lipinski definition) is 1. The summed E-state index contributed by atoms with van der Waals surface area (Å²) in [6, 6.07) is 27.3. The van der Waals surface area contributed by atoms with E-state index in [-0.39, 0.29) is 50.1 Å². The Morgan fingerprint density at radius 2 is 1.10 bits per heavy atom. The van der Waals surface area contributed by atoms with Crippen molar-refractivity contribution in [3.63, 3.8) is 0 Å². The first-order chi connectivity index (χ1) is 17.4. The minimum atomic E-state index is -0.790. The number of halogens is 1. The molecule has 0 fully saturated rings. The van der Waals surface area contributed by atoms with Crippen LogP contribution < -0.4 is 10.9 Å². The molecule has 3 atom stereocenters. The molecule has 0 aliphatic heterocycles. The van der Waals surface area contributed by atoms with Crippen molar-refractivity contribution in [2.45, 2.75) is 108 Å². The van der Waals surface area contributed by atoms with Crippen LogP contribution in [0.4, 0.5) is 0 Å². The fourth-order valence-corrected chi connectivity index (χ4v) is 5.45. The molecule has 42 heavy (non-hydrogen) atoms. The third-order valence-electron chi connectivity index (χ3n) is 7.57. The lowest BCUT2D eigenvalue weighted by Crippen LogP contribution is -2.31. The van der Waals surface area contributed by atoms with Crippen LogP contribution in [0.25, 0.3) is 11.1 Å². The molecular formula is C38H57BrO3. The van der Waals surface area contributed by atoms with Crippen LogP contribution in [-0.4, -0.2) is 5.11 Å². The largest absolute Gasteiger partial charge is 0.503 e. The summed E-state index contributed by atoms with van der Waals surface area (Å²) in [4.78, 5) is 23.2. The Hall–Kier alpha value is -2.98. The van der Waals surface area contributed by atoms with Crippen molar-refractivity contribution < 1.29 is 5.11 Å². The van der Waals surface area contributed by atoms with Crippen LogP contribution in [0.15, 0.2) is 92.9 Å². The molecule has 3 nitrogen and oxygen atoms in total. The van der Waals surface area contributed by atoms with Crippen molar-refractivity contribution >= 4 is 15.9 Å². The fraction of sp³-hybridized carbons (Fsp3) is 0.421. The Morgan fingerprint density at radius 3 is 1.62 bits per heavy atom. The van der Waals surface area contributed by atoms with Crippen LogP contribution in [0.2, 0.25) is 0 Å². The van der Waals surface area contributed by atoms with Gasteiger partial charge in [-0.15, -0.1) is 0 Å². The maximum Gasteiger partial charge on any atom is 0.268 e. The highest BCUT2D eigenvalue weighted by Gasteiger charge is 2.22. The molecule has 0 saturated heterocycles. The molecule has 0 spiro atoms. The van der Waals surface area contributed by atoms with Gasteiger partial charge in [-0.3, -0.25) is 9.59 Å². The van der Waals surface area contributed by atoms with Crippen molar-refractivity contribution in [3.05, 3.63) is 120 Å². The standard InChI is InChI=1S/C32H33BrO3.6CH4/c1-3-22(25-13-15-27(16-14-25)29-30(34)32(36)31(29)35)11-12-26(24-7-5-4-6-8-24)10-9-21(2)23-17-19-28(33)20-18-23;;;;;;/h4-8,13-22,26,34H,3,9-12H2,1-2H3;6*1H4. The Labute approximate surface area is 265 Å². The van der Waals surface area contributed by atoms with Gasteiger partial charge in [0, 0.05) is 4.47 Å². The average Bonchev–Trinajstić information content (AvgIpc) is 2.92. The van der Waals surface area contributed by atoms with Gasteiger partial charge in [-0.25, -0.2) is 0 Å². The third-order valence-corrected chi connectivity index (χ3v) is 8.10. The molecule has 0 saturated carbocycles. The second-order valence-corrected chi connectivity index (χ2v) is 10.7. The molecule has 0 heterocycles. The molecule has 234 valence electrons. The number of hydrogen-bond acceptors (Lipinski definition) is 3. The van der Waals surface area contributed by atoms with Crippen LogP contribution in [0.1, 0.15) is 125 Å². The second kappa shape index (κ2) is 20.0. The highest BCUT2D eigenvalue weighted by Crippen LogP contribution is 2.36. The SMILES string of the molecule is C.C.C.C.C.C.CCC(CCC(CCC(C)c1ccc(Br)cc1)c1ccccc1)c1ccc(-c2c(O)c(=O)c2=O)cc1. The van der Waals surface area contributed by atoms with Gasteiger partial charge in [0.15, 0.2) is 5.75 Å². The van der Waals surface area contributed by atoms with E-state index >= 15 is 0 Å². The van der Waals surface area contributed by atoms with Gasteiger partial charge < -0.3 is 5.11 Å². The minimum Gasteiger partial charge on any atom is -0.503 e. The summed E-state index contributed by atoms with van der Waals surface area (Å²) in [5, 5.41) is 9.76. The van der Waals surface area contributed by atoms with Crippen LogP contribution in [0, 0.1) is 0 Å². The predicted octanol–water partition coefficient (Wildman–Crippen LogP) is 11.9. The summed E-state index contributed by atoms with van der Waals surface area (Å²) in [6.45, 7) is 4.53. The summed E-state index contributed by atoms with van der Waals surface area (Å²) < 4.78 is 1.11. The first kappa shape index (κ1) is 43.5. The van der Waals surface area contributed by atoms with Crippen LogP contribution in [-0.2, 0) is 0 Å². The second-order valence-electron chi connectivity index (χ2n) is 9.82. The van der Waals surface area contributed by atoms with E-state index < -0.39 is 16.6 Å². The quantitative estimate of drug-likeness (QED) is 0.166. The van der Waals surface area contributed by atoms with E-state index in [9.17, 15) is 14.7 Å². The molecular weight excluding hydrogens is 584 g/mol. The number of rotatable bonds is 11. The topological polar surface area (TPSA) is 54.4 Å². The van der Waals surface area contributed by atoms with Crippen molar-refractivity contribution in [2.24, 2.45) is 0 Å². The van der Waals surface area contributed by atoms with E-state index in [1.165, 1.54) is 16.7 Å². The van der Waals surface area contributed by atoms with Gasteiger partial charge in [-0.2, -0.15) is 0 Å². The maximum absolute atomic E-state index is 11.8. The average molecular weight is 642 g/mol. The van der Waals surface area contributed by atoms with Gasteiger partial charge in [0.05, 0.1) is 5.56 Å². The van der Waals surface area contributed by atoms with Gasteiger partial charge in [-0.1, -0.05) is 141 Å². The zero-order valence-corrected chi connectivity index (χ0v) is 22.5. The summed E-state index contributed by atoms with van der Waals surface area (Å²) in [5.41, 5.74) is 3.38. The Kier molecular flexibility index (Phi) is 20.7. The Balaban J connectivity index is -0.00000253. The predicted molar refractivity (Wildman–Crippen MR) is 192 cm³/mol. The zero-order chi connectivity index (χ0) is 25.7. The lowest BCUT2D eigenvalue weighted by atomic mass is 9.82. The highest BCUT2D eigenvalue weighted by atomic mass is 79.9. The molecule has 1 N–H and O–H groups in total. The van der Waals surface area contributed by atoms with Crippen molar-refractivity contribution in [3.8, 4) is 16.9 Å². The normalized spacial score (nSPS) is 12.0. The van der Waals surface area contributed by atoms with Gasteiger partial charge >= 0.3 is 0 Å². The van der Waals surface area contributed by atoms with E-state index in [0.717, 1.165) is 36.6 Å². The van der Waals surface area contributed by atoms with Crippen molar-refractivity contribution in [1.29, 1.82) is 0 Å². The highest BCUT2D eigenvalue weighted by molar-refractivity contribution is 9.10. The summed E-state index contributed by atoms with van der Waals surface area (Å²) in [7, 11) is 0. The van der Waals surface area contributed by atoms with Crippen molar-refractivity contribution in [2.75, 3.05) is 0 Å². The summed E-state index contributed by atoms with van der Waals surface area (Å²) in [6.07, 6.45) is 5.49. The smallest absolute Gasteiger partial charge is 0.268 e. The zero-order valence-electron chi connectivity index (χ0n) is 20.9. The molecule has 0 bridgehead atoms. The lowest BCUT2D eigenvalue weighted by Gasteiger charge is -2.23. The summed E-state index contributed by atoms with van der Waals surface area (Å²) >= 11 is 3.53. The van der Waals surface area contributed by atoms with Gasteiger partial charge in [0.1, 0.15) is 0 Å². The lowest BCUT2D eigenvalue weighted by molar-refractivity contribution is 0.465. The van der Waals surface area contributed by atoms with E-state index in [1.54, 1.807) is 0 Å². The molecule has 4 aromatic rings. The fourth-order valence-electron chi connectivity index (χ4n) is 5.19. The molecule has 3 unspecified atom stereocenters. The van der Waals surface area contributed by atoms with Gasteiger partial charge in [0.2, 0.25) is 5.43 Å². The van der Waals surface area contributed by atoms with E-state index in [0.29, 0.717) is 23.3 Å². The third kappa shape index (κ3) is 10.1. The van der Waals surface area contributed by atoms with E-state index in [4.69, 9.17) is 0 Å². The number of aromatic hydroxyl groups is 1. The maximum atomic E-state index is 11.8. The van der Waals surface area contributed by atoms with Crippen molar-refractivity contribution in [1.82, 2.24) is 0 Å². The summed E-state index contributed by atoms with van der Waals surface area (Å²) in [5.74, 6) is 1.00. The monoisotopic (exact) mass is 640 g/mol. The molecule has 0 aromatic heterocycles. The van der Waals surface area contributed by atoms with E-state index in [1.807, 2.05) is 24.3 Å². The van der Waals surface area contributed by atoms with Crippen LogP contribution in [0.5, 0.6) is 5.75 Å². The first-order valence-corrected chi connectivity index (χ1v) is 13.6. The Bertz CT molecular complexity index is 1330. The molecule has 4 aromatic carbocycles. The minimum absolute atomic E-state index is 0. The molecule has 0 aliphatic carbocycles. The first-order valence-electron chi connectivity index (χ1n) is 12.8. The van der Waals surface area contributed by atoms with E-state index in [2.05, 4.69) is 84.4 Å². The van der Waals surface area contributed by atoms with Crippen LogP contribution >= 0.6 is 15.9 Å². The molecule has 4 heteroatoms. The Morgan fingerprint density at radius 1 is 0.619 bits per heavy atom. The molecule has 0 radical (unpaired) electrons. The molecule has 0 amide bonds. The van der Waals surface area contributed by atoms with Gasteiger partial charge in [0.25, 0.3) is 5.43 Å². The molecule has 0 aliphatic rings. The molecule has 4 rings (SSSR count). The van der Waals surface area contributed by atoms with Gasteiger partial charge in [-0.05, 0) is 84.2 Å². The number of benzene rings is 3.